The second-order valence-electron chi connectivity index (χ2n) is 2.56. The Kier molecular flexibility index (Phi) is 1.91. The third-order valence-electron chi connectivity index (χ3n) is 1.51. The van der Waals surface area contributed by atoms with Crippen molar-refractivity contribution < 1.29 is 15.0 Å². The highest BCUT2D eigenvalue weighted by Gasteiger charge is 2.11. The van der Waals surface area contributed by atoms with Gasteiger partial charge in [-0.3, -0.25) is 0 Å². The van der Waals surface area contributed by atoms with Crippen LogP contribution in [0.5, 0.6) is 5.75 Å². The van der Waals surface area contributed by atoms with Crippen LogP contribution < -0.4 is 5.73 Å². The number of hydrogen-bond donors (Lipinski definition) is 3. The number of rotatable bonds is 1. The van der Waals surface area contributed by atoms with E-state index in [1.54, 1.807) is 6.92 Å². The first kappa shape index (κ1) is 8.39. The lowest BCUT2D eigenvalue weighted by atomic mass is 10.1. The average molecular weight is 167 g/mol. The molecular weight excluding hydrogens is 158 g/mol. The summed E-state index contributed by atoms with van der Waals surface area (Å²) in [5.74, 6) is -1.55. The predicted molar refractivity (Wildman–Crippen MR) is 44.2 cm³/mol. The van der Waals surface area contributed by atoms with E-state index < -0.39 is 5.97 Å². The van der Waals surface area contributed by atoms with Crippen molar-refractivity contribution >= 4 is 11.7 Å². The van der Waals surface area contributed by atoms with Crippen molar-refractivity contribution in [2.75, 3.05) is 5.73 Å². The molecule has 1 rings (SSSR count). The van der Waals surface area contributed by atoms with Gasteiger partial charge in [0.1, 0.15) is 5.56 Å². The number of benzene rings is 1. The third kappa shape index (κ3) is 1.32. The molecule has 0 aliphatic rings. The van der Waals surface area contributed by atoms with E-state index in [0.717, 1.165) is 0 Å². The van der Waals surface area contributed by atoms with Gasteiger partial charge in [0, 0.05) is 0 Å². The number of aryl methyl sites for hydroxylation is 1. The number of nitrogen functional groups attached to an aromatic ring is 1. The molecule has 1 aromatic carbocycles. The predicted octanol–water partition coefficient (Wildman–Crippen LogP) is 0.981. The maximum Gasteiger partial charge on any atom is 0.339 e. The van der Waals surface area contributed by atoms with E-state index in [-0.39, 0.29) is 17.0 Å². The van der Waals surface area contributed by atoms with E-state index in [0.29, 0.717) is 5.56 Å². The quantitative estimate of drug-likeness (QED) is 0.430. The van der Waals surface area contributed by atoms with Crippen LogP contribution in [0.1, 0.15) is 15.9 Å². The van der Waals surface area contributed by atoms with E-state index in [2.05, 4.69) is 0 Å². The van der Waals surface area contributed by atoms with Crippen molar-refractivity contribution in [2.45, 2.75) is 6.92 Å². The molecule has 0 radical (unpaired) electrons. The summed E-state index contributed by atoms with van der Waals surface area (Å²) < 4.78 is 0. The zero-order chi connectivity index (χ0) is 9.30. The number of carbonyl (C=O) groups is 1. The smallest absolute Gasteiger partial charge is 0.339 e. The van der Waals surface area contributed by atoms with Crippen molar-refractivity contribution in [2.24, 2.45) is 0 Å². The first-order chi connectivity index (χ1) is 5.52. The van der Waals surface area contributed by atoms with Gasteiger partial charge in [-0.15, -0.1) is 0 Å². The molecule has 0 bridgehead atoms. The largest absolute Gasteiger partial charge is 0.505 e. The fraction of sp³-hybridized carbons (Fsp3) is 0.125. The Bertz CT molecular complexity index is 333. The molecule has 0 aliphatic heterocycles. The van der Waals surface area contributed by atoms with Crippen molar-refractivity contribution in [3.63, 3.8) is 0 Å². The number of nitrogens with two attached hydrogens (primary N) is 1. The summed E-state index contributed by atoms with van der Waals surface area (Å²) in [5, 5.41) is 17.8. The van der Waals surface area contributed by atoms with Crippen LogP contribution in [0.4, 0.5) is 5.69 Å². The van der Waals surface area contributed by atoms with Gasteiger partial charge >= 0.3 is 5.97 Å². The Morgan fingerprint density at radius 3 is 2.58 bits per heavy atom. The highest BCUT2D eigenvalue weighted by molar-refractivity contribution is 5.93. The molecule has 0 heterocycles. The van der Waals surface area contributed by atoms with Crippen LogP contribution in [0.15, 0.2) is 12.1 Å². The van der Waals surface area contributed by atoms with E-state index in [1.165, 1.54) is 12.1 Å². The number of anilines is 1. The van der Waals surface area contributed by atoms with Gasteiger partial charge in [0.2, 0.25) is 0 Å². The minimum absolute atomic E-state index is 0.0902. The number of hydrogen-bond acceptors (Lipinski definition) is 3. The summed E-state index contributed by atoms with van der Waals surface area (Å²) in [4.78, 5) is 10.5. The van der Waals surface area contributed by atoms with Crippen molar-refractivity contribution in [3.8, 4) is 5.75 Å². The molecule has 0 atom stereocenters. The molecule has 0 amide bonds. The van der Waals surface area contributed by atoms with Gasteiger partial charge in [-0.25, -0.2) is 4.79 Å². The van der Waals surface area contributed by atoms with Gasteiger partial charge in [-0.2, -0.15) is 0 Å². The molecule has 0 aliphatic carbocycles. The second-order valence-corrected chi connectivity index (χ2v) is 2.56. The Hall–Kier alpha value is -1.71. The standard InChI is InChI=1S/C8H9NO3/c1-4-2-5(8(11)12)7(10)6(9)3-4/h2-3,10H,9H2,1H3,(H,11,12). The first-order valence-corrected chi connectivity index (χ1v) is 3.34. The fourth-order valence-electron chi connectivity index (χ4n) is 0.970. The first-order valence-electron chi connectivity index (χ1n) is 3.34. The molecule has 1 aromatic rings. The van der Waals surface area contributed by atoms with Crippen molar-refractivity contribution in [3.05, 3.63) is 23.3 Å². The van der Waals surface area contributed by atoms with E-state index in [4.69, 9.17) is 10.8 Å². The van der Waals surface area contributed by atoms with Gasteiger partial charge in [-0.05, 0) is 24.6 Å². The molecule has 0 saturated carbocycles. The molecule has 4 heteroatoms. The van der Waals surface area contributed by atoms with Gasteiger partial charge in [-0.1, -0.05) is 0 Å². The lowest BCUT2D eigenvalue weighted by Gasteiger charge is -2.03. The molecule has 0 fully saturated rings. The number of carboxylic acid groups (broad SMARTS) is 1. The van der Waals surface area contributed by atoms with Crippen LogP contribution >= 0.6 is 0 Å². The molecule has 0 aromatic heterocycles. The minimum atomic E-state index is -1.18. The lowest BCUT2D eigenvalue weighted by Crippen LogP contribution is -2.00. The van der Waals surface area contributed by atoms with Crippen LogP contribution in [0.2, 0.25) is 0 Å². The van der Waals surface area contributed by atoms with E-state index in [9.17, 15) is 9.90 Å². The Labute approximate surface area is 69.3 Å². The highest BCUT2D eigenvalue weighted by atomic mass is 16.4. The maximum absolute atomic E-state index is 10.5. The van der Waals surface area contributed by atoms with Crippen LogP contribution in [-0.2, 0) is 0 Å². The SMILES string of the molecule is Cc1cc(N)c(O)c(C(=O)O)c1. The van der Waals surface area contributed by atoms with Gasteiger partial charge in [0.15, 0.2) is 5.75 Å². The zero-order valence-corrected chi connectivity index (χ0v) is 6.53. The molecule has 4 nitrogen and oxygen atoms in total. The second kappa shape index (κ2) is 2.73. The van der Waals surface area contributed by atoms with Crippen LogP contribution in [0.3, 0.4) is 0 Å². The summed E-state index contributed by atoms with van der Waals surface area (Å²) >= 11 is 0. The molecule has 64 valence electrons. The summed E-state index contributed by atoms with van der Waals surface area (Å²) in [5.41, 5.74) is 5.99. The summed E-state index contributed by atoms with van der Waals surface area (Å²) in [6.07, 6.45) is 0. The Morgan fingerprint density at radius 2 is 2.08 bits per heavy atom. The Balaban J connectivity index is 3.37. The molecular formula is C8H9NO3. The molecule has 0 unspecified atom stereocenters. The zero-order valence-electron chi connectivity index (χ0n) is 6.53. The van der Waals surface area contributed by atoms with Crippen LogP contribution in [-0.4, -0.2) is 16.2 Å². The van der Waals surface area contributed by atoms with Crippen molar-refractivity contribution in [1.29, 1.82) is 0 Å². The van der Waals surface area contributed by atoms with E-state index in [1.807, 2.05) is 0 Å². The number of aromatic hydroxyl groups is 1. The molecule has 4 N–H and O–H groups in total. The fourth-order valence-corrected chi connectivity index (χ4v) is 0.970. The highest BCUT2D eigenvalue weighted by Crippen LogP contribution is 2.26. The van der Waals surface area contributed by atoms with Gasteiger partial charge in [0.05, 0.1) is 5.69 Å². The summed E-state index contributed by atoms with van der Waals surface area (Å²) in [6, 6.07) is 2.88. The normalized spacial score (nSPS) is 9.75. The Morgan fingerprint density at radius 1 is 1.50 bits per heavy atom. The van der Waals surface area contributed by atoms with Gasteiger partial charge < -0.3 is 15.9 Å². The summed E-state index contributed by atoms with van der Waals surface area (Å²) in [6.45, 7) is 1.71. The van der Waals surface area contributed by atoms with E-state index >= 15 is 0 Å². The van der Waals surface area contributed by atoms with Crippen molar-refractivity contribution in [1.82, 2.24) is 0 Å². The average Bonchev–Trinajstić information content (AvgIpc) is 1.96. The lowest BCUT2D eigenvalue weighted by molar-refractivity contribution is 0.0693. The van der Waals surface area contributed by atoms with Crippen LogP contribution in [0.25, 0.3) is 0 Å². The van der Waals surface area contributed by atoms with Crippen LogP contribution in [0, 0.1) is 6.92 Å². The molecule has 0 saturated heterocycles. The van der Waals surface area contributed by atoms with Gasteiger partial charge in [0.25, 0.3) is 0 Å². The summed E-state index contributed by atoms with van der Waals surface area (Å²) in [7, 11) is 0. The number of phenols is 1. The molecule has 0 spiro atoms. The monoisotopic (exact) mass is 167 g/mol. The molecule has 12 heavy (non-hydrogen) atoms. The maximum atomic E-state index is 10.5. The number of carboxylic acids is 1. The number of aromatic carboxylic acids is 1. The third-order valence-corrected chi connectivity index (χ3v) is 1.51. The topological polar surface area (TPSA) is 83.5 Å². The minimum Gasteiger partial charge on any atom is -0.505 e.